The molecule has 0 saturated carbocycles. The van der Waals surface area contributed by atoms with Gasteiger partial charge in [0.05, 0.1) is 11.1 Å². The number of carboxylic acid groups (broad SMARTS) is 2. The molecule has 0 aromatic heterocycles. The first-order valence-electron chi connectivity index (χ1n) is 3.18. The summed E-state index contributed by atoms with van der Waals surface area (Å²) in [6.45, 7) is 0. The molecule has 0 bridgehead atoms. The number of hydrogen-bond donors (Lipinski definition) is 2. The first kappa shape index (κ1) is 30.2. The molecule has 0 radical (unpaired) electrons. The summed E-state index contributed by atoms with van der Waals surface area (Å²) in [7, 11) is 0. The number of hydrogen-bond acceptors (Lipinski definition) is 2. The van der Waals surface area contributed by atoms with Crippen molar-refractivity contribution in [1.82, 2.24) is 0 Å². The number of aromatic carboxylic acids is 2. The molecule has 100 valence electrons. The van der Waals surface area contributed by atoms with E-state index >= 15 is 0 Å². The van der Waals surface area contributed by atoms with Crippen LogP contribution in [0.1, 0.15) is 20.7 Å². The smallest absolute Gasteiger partial charge is 0.336 e. The Bertz CT molecular complexity index is 315. The Morgan fingerprint density at radius 1 is 0.765 bits per heavy atom. The minimum absolute atomic E-state index is 0. The minimum Gasteiger partial charge on any atom is -0.478 e. The zero-order valence-corrected chi connectivity index (χ0v) is 14.3. The SMILES string of the molecule is Cl.Cl.Cl.Cl.O=C(O)c1ccccc1C(=O)O.[W]. The van der Waals surface area contributed by atoms with Gasteiger partial charge in [0.2, 0.25) is 0 Å². The first-order chi connectivity index (χ1) is 5.63. The minimum atomic E-state index is -1.23. The Labute approximate surface area is 137 Å². The van der Waals surface area contributed by atoms with E-state index in [1.165, 1.54) is 24.3 Å². The van der Waals surface area contributed by atoms with Gasteiger partial charge in [0.25, 0.3) is 0 Å². The van der Waals surface area contributed by atoms with E-state index in [2.05, 4.69) is 0 Å². The van der Waals surface area contributed by atoms with Crippen molar-refractivity contribution in [2.75, 3.05) is 0 Å². The van der Waals surface area contributed by atoms with Crippen molar-refractivity contribution < 1.29 is 40.9 Å². The molecule has 0 fully saturated rings. The molecular weight excluding hydrogens is 486 g/mol. The number of halogens is 4. The second kappa shape index (κ2) is 14.1. The van der Waals surface area contributed by atoms with Crippen LogP contribution in [0.25, 0.3) is 0 Å². The largest absolute Gasteiger partial charge is 0.478 e. The van der Waals surface area contributed by atoms with Crippen LogP contribution in [0.2, 0.25) is 0 Å². The normalized spacial score (nSPS) is 6.59. The van der Waals surface area contributed by atoms with Crippen molar-refractivity contribution in [3.63, 3.8) is 0 Å². The Morgan fingerprint density at radius 2 is 1.00 bits per heavy atom. The molecule has 0 saturated heterocycles. The third kappa shape index (κ3) is 8.69. The zero-order chi connectivity index (χ0) is 9.14. The fourth-order valence-corrected chi connectivity index (χ4v) is 0.856. The van der Waals surface area contributed by atoms with Gasteiger partial charge in [0.15, 0.2) is 0 Å². The van der Waals surface area contributed by atoms with Crippen molar-refractivity contribution >= 4 is 61.6 Å². The second-order valence-corrected chi connectivity index (χ2v) is 2.16. The van der Waals surface area contributed by atoms with E-state index in [-0.39, 0.29) is 81.8 Å². The molecule has 1 rings (SSSR count). The van der Waals surface area contributed by atoms with Crippen LogP contribution >= 0.6 is 49.6 Å². The molecule has 0 heterocycles. The van der Waals surface area contributed by atoms with E-state index in [0.717, 1.165) is 0 Å². The van der Waals surface area contributed by atoms with Crippen LogP contribution in [-0.2, 0) is 21.1 Å². The molecule has 0 atom stereocenters. The van der Waals surface area contributed by atoms with Gasteiger partial charge in [-0.1, -0.05) is 12.1 Å². The van der Waals surface area contributed by atoms with Crippen molar-refractivity contribution in [1.29, 1.82) is 0 Å². The van der Waals surface area contributed by atoms with E-state index in [0.29, 0.717) is 0 Å². The predicted molar refractivity (Wildman–Crippen MR) is 69.4 cm³/mol. The molecule has 0 aliphatic rings. The Morgan fingerprint density at radius 3 is 1.18 bits per heavy atom. The van der Waals surface area contributed by atoms with Gasteiger partial charge in [-0.3, -0.25) is 0 Å². The number of rotatable bonds is 2. The standard InChI is InChI=1S/C8H6O4.4ClH.W/c9-7(10)5-3-1-2-4-6(5)8(11)12;;;;;/h1-4H,(H,9,10)(H,11,12);4*1H;. The van der Waals surface area contributed by atoms with Crippen LogP contribution in [0, 0.1) is 0 Å². The fraction of sp³-hybridized carbons (Fsp3) is 0. The molecule has 2 N–H and O–H groups in total. The second-order valence-electron chi connectivity index (χ2n) is 2.16. The van der Waals surface area contributed by atoms with Crippen molar-refractivity contribution in [3.05, 3.63) is 35.4 Å². The molecule has 1 aromatic rings. The third-order valence-electron chi connectivity index (χ3n) is 1.39. The van der Waals surface area contributed by atoms with Gasteiger partial charge in [-0.15, -0.1) is 49.6 Å². The summed E-state index contributed by atoms with van der Waals surface area (Å²) in [4.78, 5) is 20.9. The average molecular weight is 496 g/mol. The molecule has 0 aliphatic heterocycles. The maximum absolute atomic E-state index is 10.5. The number of carbonyl (C=O) groups is 2. The maximum Gasteiger partial charge on any atom is 0.336 e. The average Bonchev–Trinajstić information content (AvgIpc) is 2.04. The monoisotopic (exact) mass is 494 g/mol. The Hall–Kier alpha value is 0.00831. The van der Waals surface area contributed by atoms with Crippen molar-refractivity contribution in [3.8, 4) is 0 Å². The van der Waals surface area contributed by atoms with E-state index in [4.69, 9.17) is 10.2 Å². The van der Waals surface area contributed by atoms with Crippen LogP contribution in [0.5, 0.6) is 0 Å². The van der Waals surface area contributed by atoms with Gasteiger partial charge in [-0.05, 0) is 12.1 Å². The van der Waals surface area contributed by atoms with Gasteiger partial charge >= 0.3 is 11.9 Å². The summed E-state index contributed by atoms with van der Waals surface area (Å²) in [6.07, 6.45) is 0. The molecular formula is C8H10Cl4O4W. The van der Waals surface area contributed by atoms with Crippen LogP contribution in [-0.4, -0.2) is 22.2 Å². The van der Waals surface area contributed by atoms with E-state index in [1.807, 2.05) is 0 Å². The van der Waals surface area contributed by atoms with E-state index in [1.54, 1.807) is 0 Å². The molecule has 17 heavy (non-hydrogen) atoms. The molecule has 0 amide bonds. The molecule has 0 aliphatic carbocycles. The van der Waals surface area contributed by atoms with Crippen LogP contribution in [0.3, 0.4) is 0 Å². The summed E-state index contributed by atoms with van der Waals surface area (Å²) in [5.41, 5.74) is -0.380. The molecule has 1 aromatic carbocycles. The molecule has 4 nitrogen and oxygen atoms in total. The predicted octanol–water partition coefficient (Wildman–Crippen LogP) is 2.77. The van der Waals surface area contributed by atoms with Crippen LogP contribution in [0.4, 0.5) is 0 Å². The summed E-state index contributed by atoms with van der Waals surface area (Å²) in [5.74, 6) is -2.46. The Kier molecular flexibility index (Phi) is 25.0. The molecule has 0 unspecified atom stereocenters. The molecule has 0 spiro atoms. The summed E-state index contributed by atoms with van der Waals surface area (Å²) in [6, 6.07) is 5.48. The maximum atomic E-state index is 10.5. The van der Waals surface area contributed by atoms with Crippen molar-refractivity contribution in [2.24, 2.45) is 0 Å². The third-order valence-corrected chi connectivity index (χ3v) is 1.39. The summed E-state index contributed by atoms with van der Waals surface area (Å²) in [5, 5.41) is 17.1. The van der Waals surface area contributed by atoms with E-state index < -0.39 is 11.9 Å². The summed E-state index contributed by atoms with van der Waals surface area (Å²) < 4.78 is 0. The van der Waals surface area contributed by atoms with Crippen LogP contribution in [0.15, 0.2) is 24.3 Å². The number of benzene rings is 1. The van der Waals surface area contributed by atoms with Gasteiger partial charge in [0, 0.05) is 21.1 Å². The number of carboxylic acids is 2. The quantitative estimate of drug-likeness (QED) is 0.662. The van der Waals surface area contributed by atoms with Gasteiger partial charge in [-0.2, -0.15) is 0 Å². The zero-order valence-electron chi connectivity index (χ0n) is 8.06. The van der Waals surface area contributed by atoms with Crippen LogP contribution < -0.4 is 0 Å². The van der Waals surface area contributed by atoms with Gasteiger partial charge in [0.1, 0.15) is 0 Å². The van der Waals surface area contributed by atoms with Gasteiger partial charge < -0.3 is 10.2 Å². The Balaban J connectivity index is -0.0000000960. The first-order valence-corrected chi connectivity index (χ1v) is 3.18. The van der Waals surface area contributed by atoms with E-state index in [9.17, 15) is 9.59 Å². The summed E-state index contributed by atoms with van der Waals surface area (Å²) >= 11 is 0. The molecule has 9 heteroatoms. The van der Waals surface area contributed by atoms with Gasteiger partial charge in [-0.25, -0.2) is 9.59 Å². The topological polar surface area (TPSA) is 74.6 Å². The fourth-order valence-electron chi connectivity index (χ4n) is 0.856. The van der Waals surface area contributed by atoms with Crippen molar-refractivity contribution in [2.45, 2.75) is 0 Å².